The minimum absolute atomic E-state index is 0.142. The van der Waals surface area contributed by atoms with Crippen molar-refractivity contribution < 1.29 is 8.78 Å². The van der Waals surface area contributed by atoms with E-state index in [9.17, 15) is 8.78 Å². The average Bonchev–Trinajstić information content (AvgIpc) is 3.27. The fourth-order valence-electron chi connectivity index (χ4n) is 4.58. The summed E-state index contributed by atoms with van der Waals surface area (Å²) in [6, 6.07) is 10.5. The number of halogens is 2. The fraction of sp³-hybridized carbons (Fsp3) is 0.304. The Bertz CT molecular complexity index is 1060. The minimum Gasteiger partial charge on any atom is -0.294 e. The van der Waals surface area contributed by atoms with Crippen molar-refractivity contribution in [3.05, 3.63) is 66.4 Å². The second-order valence-electron chi connectivity index (χ2n) is 7.78. The van der Waals surface area contributed by atoms with Crippen molar-refractivity contribution in [1.82, 2.24) is 19.7 Å². The van der Waals surface area contributed by atoms with Gasteiger partial charge in [-0.2, -0.15) is 5.10 Å². The summed E-state index contributed by atoms with van der Waals surface area (Å²) in [5.74, 6) is -0.271. The van der Waals surface area contributed by atoms with E-state index in [1.54, 1.807) is 24.5 Å². The fourth-order valence-corrected chi connectivity index (χ4v) is 4.58. The molecule has 148 valence electrons. The first kappa shape index (κ1) is 18.2. The summed E-state index contributed by atoms with van der Waals surface area (Å²) in [4.78, 5) is 6.37. The Balaban J connectivity index is 1.68. The van der Waals surface area contributed by atoms with Gasteiger partial charge in [0, 0.05) is 49.7 Å². The molecule has 5 rings (SSSR count). The molecule has 2 aliphatic heterocycles. The average molecular weight is 392 g/mol. The lowest BCUT2D eigenvalue weighted by Gasteiger charge is -2.28. The predicted octanol–water partition coefficient (Wildman–Crippen LogP) is 4.49. The molecule has 3 aromatic rings. The van der Waals surface area contributed by atoms with Gasteiger partial charge < -0.3 is 0 Å². The van der Waals surface area contributed by atoms with E-state index >= 15 is 0 Å². The summed E-state index contributed by atoms with van der Waals surface area (Å²) in [5, 5.41) is 4.81. The second-order valence-corrected chi connectivity index (χ2v) is 7.78. The van der Waals surface area contributed by atoms with Crippen LogP contribution in [-0.4, -0.2) is 45.0 Å². The van der Waals surface area contributed by atoms with E-state index in [1.807, 2.05) is 23.9 Å². The van der Waals surface area contributed by atoms with Gasteiger partial charge in [0.05, 0.1) is 5.69 Å². The van der Waals surface area contributed by atoms with Crippen LogP contribution in [0.3, 0.4) is 0 Å². The summed E-state index contributed by atoms with van der Waals surface area (Å²) in [5.41, 5.74) is 5.93. The molecule has 0 aliphatic carbocycles. The van der Waals surface area contributed by atoms with Gasteiger partial charge in [-0.1, -0.05) is 6.08 Å². The van der Waals surface area contributed by atoms with Crippen LogP contribution in [0.5, 0.6) is 0 Å². The number of hydrogen-bond acceptors (Lipinski definition) is 3. The molecular formula is C23H22F2N4. The number of pyridine rings is 1. The molecule has 0 spiro atoms. The zero-order valence-electron chi connectivity index (χ0n) is 16.2. The predicted molar refractivity (Wildman–Crippen MR) is 109 cm³/mol. The topological polar surface area (TPSA) is 34.0 Å². The number of alkyl halides is 1. The highest BCUT2D eigenvalue weighted by molar-refractivity contribution is 5.90. The largest absolute Gasteiger partial charge is 0.294 e. The summed E-state index contributed by atoms with van der Waals surface area (Å²) in [7, 11) is 1.94. The van der Waals surface area contributed by atoms with E-state index in [2.05, 4.69) is 16.0 Å². The molecule has 0 bridgehead atoms. The maximum atomic E-state index is 13.9. The number of aryl methyl sites for hydroxylation is 1. The number of rotatable bonds is 3. The second kappa shape index (κ2) is 7.19. The maximum Gasteiger partial charge on any atom is 0.123 e. The van der Waals surface area contributed by atoms with Gasteiger partial charge in [-0.15, -0.1) is 0 Å². The molecule has 2 atom stereocenters. The van der Waals surface area contributed by atoms with Crippen molar-refractivity contribution >= 4 is 5.57 Å². The molecule has 0 saturated carbocycles. The lowest BCUT2D eigenvalue weighted by Crippen LogP contribution is -2.33. The van der Waals surface area contributed by atoms with Gasteiger partial charge in [-0.3, -0.25) is 14.6 Å². The molecule has 1 saturated heterocycles. The number of aromatic nitrogens is 3. The van der Waals surface area contributed by atoms with E-state index in [1.165, 1.54) is 17.7 Å². The van der Waals surface area contributed by atoms with Crippen molar-refractivity contribution in [2.45, 2.75) is 25.1 Å². The summed E-state index contributed by atoms with van der Waals surface area (Å²) in [6.45, 7) is 1.38. The van der Waals surface area contributed by atoms with Crippen LogP contribution in [-0.2, 0) is 7.05 Å². The lowest BCUT2D eigenvalue weighted by atomic mass is 9.92. The van der Waals surface area contributed by atoms with Crippen molar-refractivity contribution in [2.75, 3.05) is 13.1 Å². The number of hydrogen-bond donors (Lipinski definition) is 0. The maximum absolute atomic E-state index is 13.9. The SMILES string of the molecule is Cn1nc(-c2ccc(F)cc2)c(-c2ccncc2)c1C1=CC2CC(F)CN2CC1. The quantitative estimate of drug-likeness (QED) is 0.659. The van der Waals surface area contributed by atoms with Crippen LogP contribution in [0.4, 0.5) is 8.78 Å². The van der Waals surface area contributed by atoms with Crippen LogP contribution in [0.25, 0.3) is 28.0 Å². The third-order valence-electron chi connectivity index (χ3n) is 5.90. The Labute approximate surface area is 168 Å². The van der Waals surface area contributed by atoms with Gasteiger partial charge in [0.15, 0.2) is 0 Å². The third kappa shape index (κ3) is 3.27. The highest BCUT2D eigenvalue weighted by Crippen LogP contribution is 2.40. The smallest absolute Gasteiger partial charge is 0.123 e. The normalized spacial score (nSPS) is 21.8. The number of nitrogens with zero attached hydrogens (tertiary/aromatic N) is 4. The Morgan fingerprint density at radius 2 is 1.79 bits per heavy atom. The molecule has 29 heavy (non-hydrogen) atoms. The van der Waals surface area contributed by atoms with Crippen LogP contribution in [0.2, 0.25) is 0 Å². The van der Waals surface area contributed by atoms with Crippen LogP contribution < -0.4 is 0 Å². The van der Waals surface area contributed by atoms with E-state index < -0.39 is 6.17 Å². The van der Waals surface area contributed by atoms with Gasteiger partial charge in [0.25, 0.3) is 0 Å². The molecule has 0 radical (unpaired) electrons. The number of benzene rings is 1. The van der Waals surface area contributed by atoms with Crippen LogP contribution in [0, 0.1) is 5.82 Å². The first-order valence-corrected chi connectivity index (χ1v) is 9.92. The third-order valence-corrected chi connectivity index (χ3v) is 5.90. The standard InChI is InChI=1S/C23H22F2N4/c1-28-23(17-8-11-29-14-19(25)13-20(29)12-17)21(15-6-9-26-10-7-15)22(27-28)16-2-4-18(24)5-3-16/h2-7,9-10,12,19-20H,8,11,13-14H2,1H3. The molecule has 6 heteroatoms. The van der Waals surface area contributed by atoms with E-state index in [-0.39, 0.29) is 11.9 Å². The van der Waals surface area contributed by atoms with Gasteiger partial charge in [-0.25, -0.2) is 8.78 Å². The van der Waals surface area contributed by atoms with Crippen LogP contribution in [0.1, 0.15) is 18.5 Å². The van der Waals surface area contributed by atoms with E-state index in [4.69, 9.17) is 5.10 Å². The van der Waals surface area contributed by atoms with Crippen molar-refractivity contribution in [1.29, 1.82) is 0 Å². The molecule has 2 aromatic heterocycles. The Morgan fingerprint density at radius 1 is 1.03 bits per heavy atom. The van der Waals surface area contributed by atoms with Crippen LogP contribution >= 0.6 is 0 Å². The zero-order valence-corrected chi connectivity index (χ0v) is 16.2. The summed E-state index contributed by atoms with van der Waals surface area (Å²) >= 11 is 0. The molecule has 0 N–H and O–H groups in total. The van der Waals surface area contributed by atoms with Gasteiger partial charge in [0.2, 0.25) is 0 Å². The first-order chi connectivity index (χ1) is 14.1. The zero-order chi connectivity index (χ0) is 20.0. The van der Waals surface area contributed by atoms with Gasteiger partial charge in [-0.05, 0) is 60.4 Å². The highest BCUT2D eigenvalue weighted by Gasteiger charge is 2.34. The van der Waals surface area contributed by atoms with E-state index in [0.717, 1.165) is 41.0 Å². The number of fused-ring (bicyclic) bond motifs is 1. The van der Waals surface area contributed by atoms with Crippen LogP contribution in [0.15, 0.2) is 54.9 Å². The summed E-state index contributed by atoms with van der Waals surface area (Å²) < 4.78 is 29.3. The van der Waals surface area contributed by atoms with Gasteiger partial charge in [0.1, 0.15) is 17.7 Å². The molecule has 4 nitrogen and oxygen atoms in total. The Morgan fingerprint density at radius 3 is 2.55 bits per heavy atom. The Hall–Kier alpha value is -2.86. The summed E-state index contributed by atoms with van der Waals surface area (Å²) in [6.07, 6.45) is 6.39. The molecule has 1 fully saturated rings. The van der Waals surface area contributed by atoms with Crippen molar-refractivity contribution in [2.24, 2.45) is 7.05 Å². The Kier molecular flexibility index (Phi) is 4.51. The monoisotopic (exact) mass is 392 g/mol. The molecule has 2 unspecified atom stereocenters. The lowest BCUT2D eigenvalue weighted by molar-refractivity contribution is 0.266. The molecule has 0 amide bonds. The molecule has 4 heterocycles. The highest BCUT2D eigenvalue weighted by atomic mass is 19.1. The van der Waals surface area contributed by atoms with Crippen molar-refractivity contribution in [3.63, 3.8) is 0 Å². The molecule has 2 aliphatic rings. The first-order valence-electron chi connectivity index (χ1n) is 9.92. The molecule has 1 aromatic carbocycles. The van der Waals surface area contributed by atoms with E-state index in [0.29, 0.717) is 13.0 Å². The van der Waals surface area contributed by atoms with Gasteiger partial charge >= 0.3 is 0 Å². The minimum atomic E-state index is -0.753. The molecular weight excluding hydrogens is 370 g/mol. The van der Waals surface area contributed by atoms with Crippen molar-refractivity contribution in [3.8, 4) is 22.4 Å².